The van der Waals surface area contributed by atoms with Crippen molar-refractivity contribution in [1.82, 2.24) is 15.2 Å². The van der Waals surface area contributed by atoms with Crippen LogP contribution in [-0.2, 0) is 6.54 Å². The minimum atomic E-state index is 0.00172. The number of rotatable bonds is 3. The summed E-state index contributed by atoms with van der Waals surface area (Å²) in [7, 11) is 0. The number of likely N-dealkylation sites (tertiary alicyclic amines) is 1. The third-order valence-corrected chi connectivity index (χ3v) is 4.32. The highest BCUT2D eigenvalue weighted by molar-refractivity contribution is 5.74. The lowest BCUT2D eigenvalue weighted by molar-refractivity contribution is 0.149. The molecule has 0 bridgehead atoms. The van der Waals surface area contributed by atoms with Crippen LogP contribution in [0.2, 0.25) is 0 Å². The molecule has 1 aliphatic heterocycles. The molecule has 0 aliphatic carbocycles. The molecule has 1 N–H and O–H groups in total. The third-order valence-electron chi connectivity index (χ3n) is 4.32. The molecule has 0 unspecified atom stereocenters. The van der Waals surface area contributed by atoms with Crippen molar-refractivity contribution in [2.75, 3.05) is 6.54 Å². The topological polar surface area (TPSA) is 45.2 Å². The fraction of sp³-hybridized carbons (Fsp3) is 0.368. The quantitative estimate of drug-likeness (QED) is 0.936. The standard InChI is InChI=1S/C19H23N3O/c1-15-7-6-8-16(13-15)14-21-19(23)22-12-5-3-10-18(22)17-9-2-4-11-20-17/h2,4,6-9,11,13,18H,3,5,10,12,14H2,1H3,(H,21,23)/t18-/m1/s1. The van der Waals surface area contributed by atoms with Gasteiger partial charge in [0.2, 0.25) is 0 Å². The zero-order chi connectivity index (χ0) is 16.1. The maximum Gasteiger partial charge on any atom is 0.318 e. The van der Waals surface area contributed by atoms with Gasteiger partial charge >= 0.3 is 6.03 Å². The van der Waals surface area contributed by atoms with Crippen molar-refractivity contribution in [1.29, 1.82) is 0 Å². The second-order valence-electron chi connectivity index (χ2n) is 6.11. The third kappa shape index (κ3) is 3.89. The Morgan fingerprint density at radius 2 is 2.17 bits per heavy atom. The molecular weight excluding hydrogens is 286 g/mol. The fourth-order valence-corrected chi connectivity index (χ4v) is 3.16. The number of amides is 2. The molecule has 0 saturated carbocycles. The monoisotopic (exact) mass is 309 g/mol. The highest BCUT2D eigenvalue weighted by Crippen LogP contribution is 2.29. The molecule has 2 heterocycles. The number of piperidine rings is 1. The summed E-state index contributed by atoms with van der Waals surface area (Å²) in [5.74, 6) is 0. The number of pyridine rings is 1. The SMILES string of the molecule is Cc1cccc(CNC(=O)N2CCCC[C@@H]2c2ccccn2)c1. The first-order valence-electron chi connectivity index (χ1n) is 8.25. The molecule has 1 fully saturated rings. The van der Waals surface area contributed by atoms with Gasteiger partial charge in [-0.2, -0.15) is 0 Å². The lowest BCUT2D eigenvalue weighted by Gasteiger charge is -2.35. The first-order chi connectivity index (χ1) is 11.2. The van der Waals surface area contributed by atoms with E-state index < -0.39 is 0 Å². The van der Waals surface area contributed by atoms with E-state index in [0.29, 0.717) is 6.54 Å². The van der Waals surface area contributed by atoms with Gasteiger partial charge in [0.1, 0.15) is 0 Å². The molecule has 1 aromatic heterocycles. The Hall–Kier alpha value is -2.36. The van der Waals surface area contributed by atoms with Crippen LogP contribution in [0.15, 0.2) is 48.7 Å². The summed E-state index contributed by atoms with van der Waals surface area (Å²) in [5.41, 5.74) is 3.32. The molecule has 1 aromatic carbocycles. The van der Waals surface area contributed by atoms with Crippen LogP contribution in [0.3, 0.4) is 0 Å². The van der Waals surface area contributed by atoms with Crippen molar-refractivity contribution >= 4 is 6.03 Å². The van der Waals surface area contributed by atoms with Gasteiger partial charge in [-0.1, -0.05) is 35.9 Å². The van der Waals surface area contributed by atoms with E-state index in [1.807, 2.05) is 35.2 Å². The highest BCUT2D eigenvalue weighted by atomic mass is 16.2. The summed E-state index contributed by atoms with van der Waals surface area (Å²) in [6.45, 7) is 3.42. The van der Waals surface area contributed by atoms with E-state index in [2.05, 4.69) is 29.4 Å². The van der Waals surface area contributed by atoms with E-state index in [-0.39, 0.29) is 12.1 Å². The maximum atomic E-state index is 12.6. The summed E-state index contributed by atoms with van der Waals surface area (Å²) >= 11 is 0. The smallest absolute Gasteiger partial charge is 0.318 e. The molecule has 4 nitrogen and oxygen atoms in total. The molecular formula is C19H23N3O. The first kappa shape index (κ1) is 15.5. The van der Waals surface area contributed by atoms with Crippen LogP contribution in [0.1, 0.15) is 42.1 Å². The van der Waals surface area contributed by atoms with Gasteiger partial charge in [-0.25, -0.2) is 4.79 Å². The molecule has 2 aromatic rings. The number of aromatic nitrogens is 1. The Balaban J connectivity index is 1.67. The Kier molecular flexibility index (Phi) is 4.91. The normalized spacial score (nSPS) is 17.8. The second-order valence-corrected chi connectivity index (χ2v) is 6.11. The lowest BCUT2D eigenvalue weighted by Crippen LogP contribution is -2.44. The highest BCUT2D eigenvalue weighted by Gasteiger charge is 2.28. The second kappa shape index (κ2) is 7.27. The van der Waals surface area contributed by atoms with Crippen LogP contribution in [0.25, 0.3) is 0 Å². The number of carbonyl (C=O) groups excluding carboxylic acids is 1. The number of urea groups is 1. The average Bonchev–Trinajstić information content (AvgIpc) is 2.60. The zero-order valence-electron chi connectivity index (χ0n) is 13.5. The molecule has 2 amide bonds. The van der Waals surface area contributed by atoms with Crippen LogP contribution in [0.4, 0.5) is 4.79 Å². The van der Waals surface area contributed by atoms with Gasteiger partial charge in [0.05, 0.1) is 11.7 Å². The minimum absolute atomic E-state index is 0.00172. The van der Waals surface area contributed by atoms with Gasteiger partial charge in [0.15, 0.2) is 0 Å². The van der Waals surface area contributed by atoms with Crippen molar-refractivity contribution in [3.05, 3.63) is 65.5 Å². The largest absolute Gasteiger partial charge is 0.334 e. The zero-order valence-corrected chi connectivity index (χ0v) is 13.5. The Labute approximate surface area is 137 Å². The molecule has 1 saturated heterocycles. The molecule has 1 atom stereocenters. The molecule has 0 spiro atoms. The van der Waals surface area contributed by atoms with Crippen LogP contribution >= 0.6 is 0 Å². The summed E-state index contributed by atoms with van der Waals surface area (Å²) in [6, 6.07) is 14.2. The predicted molar refractivity (Wildman–Crippen MR) is 90.9 cm³/mol. The number of nitrogens with zero attached hydrogens (tertiary/aromatic N) is 2. The Morgan fingerprint density at radius 3 is 2.96 bits per heavy atom. The van der Waals surface area contributed by atoms with Crippen molar-refractivity contribution in [3.63, 3.8) is 0 Å². The van der Waals surface area contributed by atoms with Crippen molar-refractivity contribution in [2.24, 2.45) is 0 Å². The van der Waals surface area contributed by atoms with Gasteiger partial charge in [0.25, 0.3) is 0 Å². The molecule has 1 aliphatic rings. The van der Waals surface area contributed by atoms with Crippen molar-refractivity contribution in [3.8, 4) is 0 Å². The number of hydrogen-bond acceptors (Lipinski definition) is 2. The van der Waals surface area contributed by atoms with Gasteiger partial charge < -0.3 is 10.2 Å². The number of aryl methyl sites for hydroxylation is 1. The molecule has 3 rings (SSSR count). The Bertz CT molecular complexity index is 657. The fourth-order valence-electron chi connectivity index (χ4n) is 3.16. The number of benzene rings is 1. The van der Waals surface area contributed by atoms with Gasteiger partial charge in [-0.05, 0) is 43.9 Å². The van der Waals surface area contributed by atoms with E-state index in [0.717, 1.165) is 37.1 Å². The molecule has 4 heteroatoms. The number of carbonyl (C=O) groups is 1. The van der Waals surface area contributed by atoms with E-state index in [1.54, 1.807) is 6.20 Å². The van der Waals surface area contributed by atoms with Crippen molar-refractivity contribution in [2.45, 2.75) is 38.8 Å². The number of hydrogen-bond donors (Lipinski definition) is 1. The van der Waals surface area contributed by atoms with Gasteiger partial charge in [0, 0.05) is 19.3 Å². The summed E-state index contributed by atoms with van der Waals surface area (Å²) in [5, 5.41) is 3.05. The van der Waals surface area contributed by atoms with E-state index >= 15 is 0 Å². The van der Waals surface area contributed by atoms with E-state index in [4.69, 9.17) is 0 Å². The Morgan fingerprint density at radius 1 is 1.26 bits per heavy atom. The van der Waals surface area contributed by atoms with Crippen LogP contribution in [0, 0.1) is 6.92 Å². The molecule has 23 heavy (non-hydrogen) atoms. The summed E-state index contributed by atoms with van der Waals surface area (Å²) in [4.78, 5) is 19.0. The summed E-state index contributed by atoms with van der Waals surface area (Å²) < 4.78 is 0. The van der Waals surface area contributed by atoms with Gasteiger partial charge in [-0.3, -0.25) is 4.98 Å². The predicted octanol–water partition coefficient (Wildman–Crippen LogP) is 3.83. The van der Waals surface area contributed by atoms with Crippen LogP contribution < -0.4 is 5.32 Å². The first-order valence-corrected chi connectivity index (χ1v) is 8.25. The minimum Gasteiger partial charge on any atom is -0.334 e. The summed E-state index contributed by atoms with van der Waals surface area (Å²) in [6.07, 6.45) is 4.98. The number of nitrogens with one attached hydrogen (secondary N) is 1. The maximum absolute atomic E-state index is 12.6. The molecule has 120 valence electrons. The lowest BCUT2D eigenvalue weighted by atomic mass is 9.99. The van der Waals surface area contributed by atoms with Crippen molar-refractivity contribution < 1.29 is 4.79 Å². The van der Waals surface area contributed by atoms with Crippen LogP contribution in [-0.4, -0.2) is 22.5 Å². The van der Waals surface area contributed by atoms with Crippen LogP contribution in [0.5, 0.6) is 0 Å². The average molecular weight is 309 g/mol. The van der Waals surface area contributed by atoms with Gasteiger partial charge in [-0.15, -0.1) is 0 Å². The van der Waals surface area contributed by atoms with E-state index in [9.17, 15) is 4.79 Å². The van der Waals surface area contributed by atoms with E-state index in [1.165, 1.54) is 5.56 Å². The molecule has 0 radical (unpaired) electrons.